The molecule has 2 amide bonds. The molecule has 0 saturated carbocycles. The Kier molecular flexibility index (Phi) is 5.45. The van der Waals surface area contributed by atoms with Crippen LogP contribution in [0.15, 0.2) is 53.1 Å². The van der Waals surface area contributed by atoms with Crippen molar-refractivity contribution < 1.29 is 28.2 Å². The summed E-state index contributed by atoms with van der Waals surface area (Å²) in [5.41, 5.74) is 2.11. The summed E-state index contributed by atoms with van der Waals surface area (Å²) >= 11 is 0. The number of methoxy groups -OCH3 is 1. The number of carbonyl (C=O) groups is 2. The number of benzene rings is 2. The fourth-order valence-electron chi connectivity index (χ4n) is 4.17. The Morgan fingerprint density at radius 3 is 2.75 bits per heavy atom. The maximum atomic E-state index is 13.4. The lowest BCUT2D eigenvalue weighted by Crippen LogP contribution is -2.54. The highest BCUT2D eigenvalue weighted by molar-refractivity contribution is 6.00. The smallest absolute Gasteiger partial charge is 0.265 e. The van der Waals surface area contributed by atoms with Gasteiger partial charge in [0, 0.05) is 30.1 Å². The van der Waals surface area contributed by atoms with Gasteiger partial charge in [-0.3, -0.25) is 9.59 Å². The van der Waals surface area contributed by atoms with Crippen LogP contribution in [-0.2, 0) is 20.7 Å². The third kappa shape index (κ3) is 3.78. The molecule has 8 heteroatoms. The SMILES string of the molecule is COc1ccc2c(CC(=O)N3CC(C(=O)N4CCOCC4)Oc4ccccc43)coc2c1. The number of furan rings is 1. The Hall–Kier alpha value is -3.52. The predicted octanol–water partition coefficient (Wildman–Crippen LogP) is 2.64. The molecule has 1 fully saturated rings. The molecule has 1 aromatic heterocycles. The number of carbonyl (C=O) groups excluding carboxylic acids is 2. The first-order chi connectivity index (χ1) is 15.6. The molecular formula is C24H24N2O6. The van der Waals surface area contributed by atoms with Gasteiger partial charge in [-0.2, -0.15) is 0 Å². The Morgan fingerprint density at radius 1 is 1.12 bits per heavy atom. The number of ether oxygens (including phenoxy) is 3. The Bertz CT molecular complexity index is 1150. The maximum Gasteiger partial charge on any atom is 0.265 e. The van der Waals surface area contributed by atoms with Crippen molar-refractivity contribution in [3.63, 3.8) is 0 Å². The monoisotopic (exact) mass is 436 g/mol. The van der Waals surface area contributed by atoms with Crippen LogP contribution in [0.2, 0.25) is 0 Å². The van der Waals surface area contributed by atoms with E-state index in [2.05, 4.69) is 0 Å². The first-order valence-corrected chi connectivity index (χ1v) is 10.6. The highest BCUT2D eigenvalue weighted by Crippen LogP contribution is 2.35. The number of hydrogen-bond acceptors (Lipinski definition) is 6. The van der Waals surface area contributed by atoms with E-state index >= 15 is 0 Å². The Balaban J connectivity index is 1.40. The zero-order valence-electron chi connectivity index (χ0n) is 17.8. The molecule has 0 bridgehead atoms. The molecule has 0 N–H and O–H groups in total. The van der Waals surface area contributed by atoms with Crippen LogP contribution in [0.4, 0.5) is 5.69 Å². The molecule has 166 valence electrons. The number of fused-ring (bicyclic) bond motifs is 2. The van der Waals surface area contributed by atoms with Gasteiger partial charge < -0.3 is 28.4 Å². The van der Waals surface area contributed by atoms with E-state index in [0.717, 1.165) is 10.9 Å². The lowest BCUT2D eigenvalue weighted by Gasteiger charge is -2.37. The van der Waals surface area contributed by atoms with E-state index in [1.54, 1.807) is 35.3 Å². The molecule has 3 heterocycles. The molecule has 1 saturated heterocycles. The second-order valence-corrected chi connectivity index (χ2v) is 7.82. The van der Waals surface area contributed by atoms with Crippen molar-refractivity contribution >= 4 is 28.5 Å². The fraction of sp³-hybridized carbons (Fsp3) is 0.333. The van der Waals surface area contributed by atoms with Gasteiger partial charge in [-0.05, 0) is 24.3 Å². The van der Waals surface area contributed by atoms with Crippen molar-refractivity contribution in [2.75, 3.05) is 44.9 Å². The quantitative estimate of drug-likeness (QED) is 0.626. The number of rotatable bonds is 4. The van der Waals surface area contributed by atoms with Gasteiger partial charge in [0.2, 0.25) is 5.91 Å². The van der Waals surface area contributed by atoms with E-state index in [9.17, 15) is 9.59 Å². The molecule has 2 aromatic carbocycles. The molecule has 32 heavy (non-hydrogen) atoms. The van der Waals surface area contributed by atoms with Crippen LogP contribution in [0.5, 0.6) is 11.5 Å². The number of para-hydroxylation sites is 2. The molecule has 0 radical (unpaired) electrons. The van der Waals surface area contributed by atoms with Gasteiger partial charge in [-0.1, -0.05) is 12.1 Å². The molecule has 2 aliphatic rings. The third-order valence-electron chi connectivity index (χ3n) is 5.88. The summed E-state index contributed by atoms with van der Waals surface area (Å²) in [5.74, 6) is 0.970. The van der Waals surface area contributed by atoms with E-state index in [1.807, 2.05) is 30.3 Å². The van der Waals surface area contributed by atoms with Crippen molar-refractivity contribution in [2.45, 2.75) is 12.5 Å². The van der Waals surface area contributed by atoms with E-state index in [4.69, 9.17) is 18.6 Å². The van der Waals surface area contributed by atoms with Crippen LogP contribution in [-0.4, -0.2) is 62.8 Å². The summed E-state index contributed by atoms with van der Waals surface area (Å²) in [7, 11) is 1.60. The van der Waals surface area contributed by atoms with Crippen molar-refractivity contribution in [2.24, 2.45) is 0 Å². The van der Waals surface area contributed by atoms with Crippen LogP contribution in [0.25, 0.3) is 11.0 Å². The van der Waals surface area contributed by atoms with E-state index < -0.39 is 6.10 Å². The minimum absolute atomic E-state index is 0.124. The van der Waals surface area contributed by atoms with Gasteiger partial charge >= 0.3 is 0 Å². The van der Waals surface area contributed by atoms with Gasteiger partial charge in [0.25, 0.3) is 5.91 Å². The van der Waals surface area contributed by atoms with Gasteiger partial charge in [0.15, 0.2) is 6.10 Å². The van der Waals surface area contributed by atoms with Crippen LogP contribution in [0.1, 0.15) is 5.56 Å². The molecule has 8 nitrogen and oxygen atoms in total. The normalized spacial score (nSPS) is 18.2. The van der Waals surface area contributed by atoms with Gasteiger partial charge in [-0.25, -0.2) is 0 Å². The summed E-state index contributed by atoms with van der Waals surface area (Å²) in [5, 5.41) is 0.863. The summed E-state index contributed by atoms with van der Waals surface area (Å²) in [6.45, 7) is 2.24. The number of nitrogens with zero attached hydrogens (tertiary/aromatic N) is 2. The first kappa shape index (κ1) is 20.4. The summed E-state index contributed by atoms with van der Waals surface area (Å²) in [4.78, 5) is 29.8. The van der Waals surface area contributed by atoms with Crippen LogP contribution in [0.3, 0.4) is 0 Å². The van der Waals surface area contributed by atoms with E-state index in [1.165, 1.54) is 0 Å². The molecular weight excluding hydrogens is 412 g/mol. The number of anilines is 1. The first-order valence-electron chi connectivity index (χ1n) is 10.6. The number of hydrogen-bond donors (Lipinski definition) is 0. The molecule has 5 rings (SSSR count). The van der Waals surface area contributed by atoms with Gasteiger partial charge in [0.1, 0.15) is 17.1 Å². The minimum atomic E-state index is -0.752. The minimum Gasteiger partial charge on any atom is -0.497 e. The highest BCUT2D eigenvalue weighted by Gasteiger charge is 2.36. The Labute approximate surface area is 185 Å². The summed E-state index contributed by atoms with van der Waals surface area (Å²) in [6.07, 6.45) is 0.994. The second-order valence-electron chi connectivity index (χ2n) is 7.82. The second kappa shape index (κ2) is 8.55. The highest BCUT2D eigenvalue weighted by atomic mass is 16.5. The van der Waals surface area contributed by atoms with Crippen LogP contribution >= 0.6 is 0 Å². The van der Waals surface area contributed by atoms with Crippen molar-refractivity contribution in [3.8, 4) is 11.5 Å². The van der Waals surface area contributed by atoms with Gasteiger partial charge in [0.05, 0.1) is 45.2 Å². The molecule has 3 aromatic rings. The topological polar surface area (TPSA) is 81.5 Å². The van der Waals surface area contributed by atoms with Crippen molar-refractivity contribution in [3.05, 3.63) is 54.3 Å². The van der Waals surface area contributed by atoms with Crippen molar-refractivity contribution in [1.82, 2.24) is 4.90 Å². The number of morpholine rings is 1. The molecule has 0 spiro atoms. The van der Waals surface area contributed by atoms with E-state index in [-0.39, 0.29) is 24.8 Å². The van der Waals surface area contributed by atoms with E-state index in [0.29, 0.717) is 49.1 Å². The average molecular weight is 436 g/mol. The zero-order chi connectivity index (χ0) is 22.1. The predicted molar refractivity (Wildman–Crippen MR) is 117 cm³/mol. The van der Waals surface area contributed by atoms with Gasteiger partial charge in [-0.15, -0.1) is 0 Å². The molecule has 1 atom stereocenters. The maximum absolute atomic E-state index is 13.4. The van der Waals surface area contributed by atoms with Crippen molar-refractivity contribution in [1.29, 1.82) is 0 Å². The molecule has 1 unspecified atom stereocenters. The van der Waals surface area contributed by atoms with Crippen LogP contribution < -0.4 is 14.4 Å². The summed E-state index contributed by atoms with van der Waals surface area (Å²) in [6, 6.07) is 12.8. The standard InChI is InChI=1S/C24H24N2O6/c1-29-17-6-7-18-16(15-31-21(18)13-17)12-23(27)26-14-22(24(28)25-8-10-30-11-9-25)32-20-5-3-2-4-19(20)26/h2-7,13,15,22H,8-12,14H2,1H3. The lowest BCUT2D eigenvalue weighted by atomic mass is 10.1. The summed E-state index contributed by atoms with van der Waals surface area (Å²) < 4.78 is 22.2. The third-order valence-corrected chi connectivity index (χ3v) is 5.88. The molecule has 2 aliphatic heterocycles. The lowest BCUT2D eigenvalue weighted by molar-refractivity contribution is -0.142. The largest absolute Gasteiger partial charge is 0.497 e. The number of amides is 2. The molecule has 0 aliphatic carbocycles. The van der Waals surface area contributed by atoms with Crippen LogP contribution in [0, 0.1) is 0 Å². The average Bonchev–Trinajstić information content (AvgIpc) is 3.25. The Morgan fingerprint density at radius 2 is 1.94 bits per heavy atom. The fourth-order valence-corrected chi connectivity index (χ4v) is 4.17. The zero-order valence-corrected chi connectivity index (χ0v) is 17.8.